The third kappa shape index (κ3) is 10.2. The predicted molar refractivity (Wildman–Crippen MR) is 193 cm³/mol. The molecule has 0 aromatic carbocycles. The molecule has 1 aliphatic heterocycles. The highest BCUT2D eigenvalue weighted by Gasteiger charge is 2.49. The number of carbonyl (C=O) groups is 5. The Hall–Kier alpha value is -2.70. The van der Waals surface area contributed by atoms with E-state index in [4.69, 9.17) is 0 Å². The molecule has 13 heteroatoms. The molecule has 1 saturated heterocycles. The van der Waals surface area contributed by atoms with Crippen molar-refractivity contribution in [2.24, 2.45) is 23.2 Å². The Morgan fingerprint density at radius 1 is 0.860 bits per heavy atom. The first-order valence-corrected chi connectivity index (χ1v) is 20.6. The number of urea groups is 1. The molecule has 3 aliphatic carbocycles. The number of hydrogen-bond acceptors (Lipinski definition) is 7. The number of carbonyl (C=O) groups excluding carboxylic acids is 5. The van der Waals surface area contributed by atoms with Crippen LogP contribution >= 0.6 is 0 Å². The van der Waals surface area contributed by atoms with Crippen LogP contribution in [0.2, 0.25) is 0 Å². The Bertz CT molecular complexity index is 1390. The number of likely N-dealkylation sites (tertiary alicyclic amines) is 1. The summed E-state index contributed by atoms with van der Waals surface area (Å²) in [6.07, 6.45) is 9.07. The van der Waals surface area contributed by atoms with E-state index < -0.39 is 73.2 Å². The Balaban J connectivity index is 1.54. The van der Waals surface area contributed by atoms with Crippen LogP contribution in [0.5, 0.6) is 0 Å². The lowest BCUT2D eigenvalue weighted by molar-refractivity contribution is -0.145. The fraction of sp³-hybridized carbons (Fsp3) is 0.865. The normalized spacial score (nSPS) is 23.9. The van der Waals surface area contributed by atoms with E-state index in [0.29, 0.717) is 38.1 Å². The summed E-state index contributed by atoms with van der Waals surface area (Å²) in [5.74, 6) is -2.05. The summed E-state index contributed by atoms with van der Waals surface area (Å²) in [5.41, 5.74) is -1.71. The van der Waals surface area contributed by atoms with Crippen molar-refractivity contribution >= 4 is 39.4 Å². The average Bonchev–Trinajstić information content (AvgIpc) is 3.94. The number of ketones is 1. The summed E-state index contributed by atoms with van der Waals surface area (Å²) in [7, 11) is -3.56. The molecule has 1 unspecified atom stereocenters. The van der Waals surface area contributed by atoms with Crippen molar-refractivity contribution in [3.05, 3.63) is 0 Å². The molecule has 4 atom stereocenters. The number of hydrogen-bond donors (Lipinski definition) is 4. The lowest BCUT2D eigenvalue weighted by Crippen LogP contribution is -2.64. The zero-order valence-corrected chi connectivity index (χ0v) is 32.5. The quantitative estimate of drug-likeness (QED) is 0.196. The molecule has 0 aromatic heterocycles. The Kier molecular flexibility index (Phi) is 12.4. The standard InChI is InChI=1S/C37H63N5O7S/c1-23(2)26-18-21-42(28(26)31(44)39-27(17-14-24-12-13-24)29(43)32(45)38-25-15-16-25)33(46)30(35(3,4)5)40-34(47)41-37(19-10-9-11-20-37)22-50(48,49)36(6,7)8/h23-28,30H,9-22H2,1-8H3,(H,38,45)(H,39,44)(H2,40,41,47)/t26?,27-,28+,30-/m1/s1. The molecule has 4 aliphatic rings. The van der Waals surface area contributed by atoms with Crippen molar-refractivity contribution in [2.75, 3.05) is 12.3 Å². The van der Waals surface area contributed by atoms with Gasteiger partial charge in [-0.1, -0.05) is 66.7 Å². The maximum atomic E-state index is 14.5. The molecule has 0 spiro atoms. The zero-order chi connectivity index (χ0) is 37.2. The summed E-state index contributed by atoms with van der Waals surface area (Å²) in [5, 5.41) is 11.6. The van der Waals surface area contributed by atoms with E-state index in [0.717, 1.165) is 51.4 Å². The number of sulfone groups is 1. The van der Waals surface area contributed by atoms with Gasteiger partial charge in [0.05, 0.1) is 22.1 Å². The van der Waals surface area contributed by atoms with E-state index in [1.54, 1.807) is 20.8 Å². The second-order valence-corrected chi connectivity index (χ2v) is 20.7. The summed E-state index contributed by atoms with van der Waals surface area (Å²) < 4.78 is 25.7. The minimum absolute atomic E-state index is 0.00872. The molecule has 1 heterocycles. The smallest absolute Gasteiger partial charge is 0.315 e. The van der Waals surface area contributed by atoms with E-state index in [1.165, 1.54) is 4.90 Å². The maximum absolute atomic E-state index is 14.5. The molecule has 3 saturated carbocycles. The van der Waals surface area contributed by atoms with E-state index in [-0.39, 0.29) is 23.6 Å². The van der Waals surface area contributed by atoms with Crippen LogP contribution in [0, 0.1) is 23.2 Å². The zero-order valence-electron chi connectivity index (χ0n) is 31.7. The number of amides is 5. The first-order valence-electron chi connectivity index (χ1n) is 18.9. The summed E-state index contributed by atoms with van der Waals surface area (Å²) in [6, 6.07) is -3.50. The fourth-order valence-electron chi connectivity index (χ4n) is 7.41. The Morgan fingerprint density at radius 2 is 1.48 bits per heavy atom. The van der Waals surface area contributed by atoms with Gasteiger partial charge >= 0.3 is 6.03 Å². The maximum Gasteiger partial charge on any atom is 0.315 e. The topological polar surface area (TPSA) is 171 Å². The van der Waals surface area contributed by atoms with Crippen LogP contribution in [0.3, 0.4) is 0 Å². The van der Waals surface area contributed by atoms with Crippen molar-refractivity contribution in [2.45, 2.75) is 167 Å². The monoisotopic (exact) mass is 721 g/mol. The van der Waals surface area contributed by atoms with E-state index in [1.807, 2.05) is 34.6 Å². The highest BCUT2D eigenvalue weighted by molar-refractivity contribution is 7.92. The van der Waals surface area contributed by atoms with Crippen molar-refractivity contribution in [1.29, 1.82) is 0 Å². The molecule has 284 valence electrons. The first kappa shape index (κ1) is 40.1. The molecule has 0 bridgehead atoms. The first-order chi connectivity index (χ1) is 23.1. The van der Waals surface area contributed by atoms with Gasteiger partial charge in [0.2, 0.25) is 17.6 Å². The highest BCUT2D eigenvalue weighted by atomic mass is 32.2. The number of nitrogens with zero attached hydrogens (tertiary/aromatic N) is 1. The van der Waals surface area contributed by atoms with Crippen LogP contribution in [0.1, 0.15) is 132 Å². The molecule has 5 amide bonds. The largest absolute Gasteiger partial charge is 0.347 e. The van der Waals surface area contributed by atoms with E-state index in [2.05, 4.69) is 21.3 Å². The van der Waals surface area contributed by atoms with Crippen LogP contribution in [0.15, 0.2) is 0 Å². The van der Waals surface area contributed by atoms with Crippen LogP contribution < -0.4 is 21.3 Å². The van der Waals surface area contributed by atoms with Crippen molar-refractivity contribution < 1.29 is 32.4 Å². The van der Waals surface area contributed by atoms with Gasteiger partial charge in [0, 0.05) is 12.6 Å². The summed E-state index contributed by atoms with van der Waals surface area (Å²) in [6.45, 7) is 14.8. The van der Waals surface area contributed by atoms with Gasteiger partial charge in [-0.05, 0) is 88.9 Å². The molecular weight excluding hydrogens is 659 g/mol. The molecule has 12 nitrogen and oxygen atoms in total. The fourth-order valence-corrected chi connectivity index (χ4v) is 8.93. The molecular formula is C37H63N5O7S. The second-order valence-electron chi connectivity index (χ2n) is 18.0. The third-order valence-electron chi connectivity index (χ3n) is 11.2. The molecule has 4 N–H and O–H groups in total. The van der Waals surface area contributed by atoms with Crippen molar-refractivity contribution in [1.82, 2.24) is 26.2 Å². The van der Waals surface area contributed by atoms with Crippen LogP contribution in [-0.2, 0) is 29.0 Å². The van der Waals surface area contributed by atoms with E-state index >= 15 is 0 Å². The van der Waals surface area contributed by atoms with Crippen molar-refractivity contribution in [3.8, 4) is 0 Å². The van der Waals surface area contributed by atoms with Crippen LogP contribution in [0.4, 0.5) is 4.79 Å². The third-order valence-corrected chi connectivity index (χ3v) is 14.0. The van der Waals surface area contributed by atoms with E-state index in [9.17, 15) is 32.4 Å². The lowest BCUT2D eigenvalue weighted by atomic mass is 9.83. The minimum Gasteiger partial charge on any atom is -0.347 e. The number of Topliss-reactive ketones (excluding diaryl/α,β-unsaturated/α-hetero) is 1. The Morgan fingerprint density at radius 3 is 2.00 bits per heavy atom. The van der Waals surface area contributed by atoms with Gasteiger partial charge in [-0.2, -0.15) is 0 Å². The van der Waals surface area contributed by atoms with Gasteiger partial charge in [0.15, 0.2) is 9.84 Å². The second kappa shape index (κ2) is 15.5. The summed E-state index contributed by atoms with van der Waals surface area (Å²) >= 11 is 0. The minimum atomic E-state index is -3.56. The van der Waals surface area contributed by atoms with Gasteiger partial charge in [-0.25, -0.2) is 13.2 Å². The molecule has 4 fully saturated rings. The average molecular weight is 722 g/mol. The van der Waals surface area contributed by atoms with Gasteiger partial charge < -0.3 is 26.2 Å². The molecule has 4 rings (SSSR count). The lowest BCUT2D eigenvalue weighted by Gasteiger charge is -2.41. The summed E-state index contributed by atoms with van der Waals surface area (Å²) in [4.78, 5) is 70.1. The van der Waals surface area contributed by atoms with Crippen molar-refractivity contribution in [3.63, 3.8) is 0 Å². The van der Waals surface area contributed by atoms with Gasteiger partial charge in [-0.15, -0.1) is 0 Å². The molecule has 0 radical (unpaired) electrons. The van der Waals surface area contributed by atoms with Gasteiger partial charge in [0.25, 0.3) is 5.91 Å². The van der Waals surface area contributed by atoms with Crippen LogP contribution in [0.25, 0.3) is 0 Å². The van der Waals surface area contributed by atoms with Gasteiger partial charge in [-0.3, -0.25) is 19.2 Å². The predicted octanol–water partition coefficient (Wildman–Crippen LogP) is 4.01. The highest BCUT2D eigenvalue weighted by Crippen LogP contribution is 2.36. The molecule has 50 heavy (non-hydrogen) atoms. The Labute approximate surface area is 299 Å². The number of rotatable bonds is 14. The molecule has 0 aromatic rings. The SMILES string of the molecule is CC(C)C1CCN(C(=O)[C@@H](NC(=O)NC2(CS(=O)(=O)C(C)(C)C)CCCCC2)C(C)(C)C)[C@@H]1C(=O)N[C@H](CCC1CC1)C(=O)C(=O)NC1CC1. The van der Waals surface area contributed by atoms with Crippen LogP contribution in [-0.4, -0.2) is 89.6 Å². The van der Waals surface area contributed by atoms with Gasteiger partial charge in [0.1, 0.15) is 12.1 Å². The number of nitrogens with one attached hydrogen (secondary N) is 4.